The number of nitrogens with one attached hydrogen (secondary N) is 1. The predicted octanol–water partition coefficient (Wildman–Crippen LogP) is 0.549. The van der Waals surface area contributed by atoms with Crippen LogP contribution in [-0.4, -0.2) is 36.0 Å². The van der Waals surface area contributed by atoms with E-state index in [0.717, 1.165) is 11.3 Å². The topological polar surface area (TPSA) is 86.7 Å². The van der Waals surface area contributed by atoms with Crippen LogP contribution in [0.5, 0.6) is 0 Å². The van der Waals surface area contributed by atoms with Gasteiger partial charge in [-0.25, -0.2) is 0 Å². The maximum absolute atomic E-state index is 11.9. The second-order valence-corrected chi connectivity index (χ2v) is 4.85. The van der Waals surface area contributed by atoms with Gasteiger partial charge in [-0.15, -0.1) is 0 Å². The van der Waals surface area contributed by atoms with Gasteiger partial charge in [0.05, 0.1) is 5.92 Å². The third-order valence-corrected chi connectivity index (χ3v) is 3.26. The number of hydrogen-bond acceptors (Lipinski definition) is 3. The lowest BCUT2D eigenvalue weighted by Crippen LogP contribution is -2.36. The number of carboxylic acid groups (broad SMARTS) is 1. The van der Waals surface area contributed by atoms with E-state index in [-0.39, 0.29) is 18.9 Å². The van der Waals surface area contributed by atoms with E-state index in [1.165, 1.54) is 0 Å². The Morgan fingerprint density at radius 1 is 1.35 bits per heavy atom. The molecule has 1 atom stereocenters. The normalized spacial score (nSPS) is 18.1. The first-order valence-electron chi connectivity index (χ1n) is 6.34. The van der Waals surface area contributed by atoms with Crippen LogP contribution in [0.15, 0.2) is 24.3 Å². The highest BCUT2D eigenvalue weighted by molar-refractivity contribution is 6.00. The van der Waals surface area contributed by atoms with E-state index in [0.29, 0.717) is 0 Å². The Morgan fingerprint density at radius 2 is 2.00 bits per heavy atom. The highest BCUT2D eigenvalue weighted by Gasteiger charge is 2.35. The van der Waals surface area contributed by atoms with Crippen molar-refractivity contribution in [2.45, 2.75) is 13.3 Å². The fraction of sp³-hybridized carbons (Fsp3) is 0.357. The molecule has 1 saturated heterocycles. The van der Waals surface area contributed by atoms with E-state index in [2.05, 4.69) is 5.32 Å². The zero-order chi connectivity index (χ0) is 14.7. The number of benzene rings is 1. The molecule has 20 heavy (non-hydrogen) atoms. The summed E-state index contributed by atoms with van der Waals surface area (Å²) in [6.45, 7) is 1.82. The number of nitrogens with zero attached hydrogens (tertiary/aromatic N) is 1. The molecule has 1 heterocycles. The molecule has 6 heteroatoms. The monoisotopic (exact) mass is 276 g/mol. The van der Waals surface area contributed by atoms with E-state index in [1.54, 1.807) is 4.90 Å². The molecule has 2 amide bonds. The summed E-state index contributed by atoms with van der Waals surface area (Å²) in [6.07, 6.45) is 0.110. The third-order valence-electron chi connectivity index (χ3n) is 3.26. The minimum absolute atomic E-state index is 0.110. The lowest BCUT2D eigenvalue weighted by atomic mass is 10.1. The van der Waals surface area contributed by atoms with Gasteiger partial charge in [-0.2, -0.15) is 0 Å². The van der Waals surface area contributed by atoms with Crippen molar-refractivity contribution in [3.8, 4) is 0 Å². The molecule has 106 valence electrons. The van der Waals surface area contributed by atoms with Crippen LogP contribution in [0.3, 0.4) is 0 Å². The second kappa shape index (κ2) is 5.73. The first-order chi connectivity index (χ1) is 9.47. The van der Waals surface area contributed by atoms with Crippen molar-refractivity contribution in [1.82, 2.24) is 5.32 Å². The van der Waals surface area contributed by atoms with Crippen molar-refractivity contribution in [2.24, 2.45) is 5.92 Å². The van der Waals surface area contributed by atoms with Gasteiger partial charge < -0.3 is 15.3 Å². The quantitative estimate of drug-likeness (QED) is 0.840. The number of amides is 2. The summed E-state index contributed by atoms with van der Waals surface area (Å²) in [5.74, 6) is -2.11. The second-order valence-electron chi connectivity index (χ2n) is 4.85. The van der Waals surface area contributed by atoms with Crippen molar-refractivity contribution in [3.05, 3.63) is 29.8 Å². The molecule has 1 aromatic carbocycles. The van der Waals surface area contributed by atoms with Gasteiger partial charge in [0.25, 0.3) is 0 Å². The highest BCUT2D eigenvalue weighted by Crippen LogP contribution is 2.25. The number of anilines is 1. The number of carbonyl (C=O) groups is 3. The lowest BCUT2D eigenvalue weighted by Gasteiger charge is -2.16. The van der Waals surface area contributed by atoms with Gasteiger partial charge in [-0.05, 0) is 19.1 Å². The number of rotatable bonds is 4. The molecule has 0 aliphatic carbocycles. The molecule has 1 aliphatic heterocycles. The zero-order valence-corrected chi connectivity index (χ0v) is 11.1. The minimum Gasteiger partial charge on any atom is -0.480 e. The smallest absolute Gasteiger partial charge is 0.322 e. The van der Waals surface area contributed by atoms with Crippen LogP contribution in [0.2, 0.25) is 0 Å². The maximum Gasteiger partial charge on any atom is 0.322 e. The summed E-state index contributed by atoms with van der Waals surface area (Å²) in [6, 6.07) is 7.48. The molecule has 1 aromatic rings. The van der Waals surface area contributed by atoms with Crippen molar-refractivity contribution in [1.29, 1.82) is 0 Å². The Hall–Kier alpha value is -2.37. The third kappa shape index (κ3) is 3.14. The Morgan fingerprint density at radius 3 is 2.60 bits per heavy atom. The van der Waals surface area contributed by atoms with Gasteiger partial charge in [0.1, 0.15) is 6.54 Å². The molecule has 1 fully saturated rings. The van der Waals surface area contributed by atoms with E-state index in [4.69, 9.17) is 5.11 Å². The van der Waals surface area contributed by atoms with E-state index < -0.39 is 24.3 Å². The largest absolute Gasteiger partial charge is 0.480 e. The van der Waals surface area contributed by atoms with Crippen LogP contribution < -0.4 is 10.2 Å². The molecular formula is C14H16N2O4. The molecule has 2 N–H and O–H groups in total. The first-order valence-corrected chi connectivity index (χ1v) is 6.34. The maximum atomic E-state index is 11.9. The van der Waals surface area contributed by atoms with Gasteiger partial charge in [0.15, 0.2) is 0 Å². The Bertz CT molecular complexity index is 539. The van der Waals surface area contributed by atoms with Crippen molar-refractivity contribution >= 4 is 23.5 Å². The van der Waals surface area contributed by atoms with E-state index in [1.807, 2.05) is 31.2 Å². The molecule has 1 aliphatic rings. The number of carboxylic acids is 1. The average molecular weight is 276 g/mol. The van der Waals surface area contributed by atoms with Crippen LogP contribution in [0.1, 0.15) is 12.0 Å². The van der Waals surface area contributed by atoms with Crippen molar-refractivity contribution in [2.75, 3.05) is 18.0 Å². The van der Waals surface area contributed by atoms with Crippen molar-refractivity contribution in [3.63, 3.8) is 0 Å². The molecule has 6 nitrogen and oxygen atoms in total. The summed E-state index contributed by atoms with van der Waals surface area (Å²) >= 11 is 0. The Kier molecular flexibility index (Phi) is 4.02. The fourth-order valence-corrected chi connectivity index (χ4v) is 2.16. The number of aryl methyl sites for hydroxylation is 1. The highest BCUT2D eigenvalue weighted by atomic mass is 16.4. The molecule has 0 saturated carbocycles. The molecule has 0 radical (unpaired) electrons. The number of hydrogen-bond donors (Lipinski definition) is 2. The summed E-state index contributed by atoms with van der Waals surface area (Å²) in [5, 5.41) is 10.8. The molecule has 0 spiro atoms. The van der Waals surface area contributed by atoms with Crippen LogP contribution in [0.25, 0.3) is 0 Å². The minimum atomic E-state index is -1.10. The van der Waals surface area contributed by atoms with E-state index in [9.17, 15) is 14.4 Å². The Labute approximate surface area is 116 Å². The first kappa shape index (κ1) is 14.0. The summed E-state index contributed by atoms with van der Waals surface area (Å²) < 4.78 is 0. The van der Waals surface area contributed by atoms with Gasteiger partial charge in [0.2, 0.25) is 11.8 Å². The SMILES string of the molecule is Cc1ccc(N2C[C@H](C(=O)NCC(=O)O)CC2=O)cc1. The fourth-order valence-electron chi connectivity index (χ4n) is 2.16. The van der Waals surface area contributed by atoms with Crippen LogP contribution in [-0.2, 0) is 14.4 Å². The summed E-state index contributed by atoms with van der Waals surface area (Å²) in [7, 11) is 0. The molecular weight excluding hydrogens is 260 g/mol. The summed E-state index contributed by atoms with van der Waals surface area (Å²) in [5.41, 5.74) is 1.85. The van der Waals surface area contributed by atoms with Gasteiger partial charge in [0, 0.05) is 18.7 Å². The van der Waals surface area contributed by atoms with Gasteiger partial charge in [-0.1, -0.05) is 17.7 Å². The van der Waals surface area contributed by atoms with E-state index >= 15 is 0 Å². The Balaban J connectivity index is 2.01. The lowest BCUT2D eigenvalue weighted by molar-refractivity contribution is -0.138. The van der Waals surface area contributed by atoms with Crippen molar-refractivity contribution < 1.29 is 19.5 Å². The molecule has 0 unspecified atom stereocenters. The van der Waals surface area contributed by atoms with Crippen LogP contribution in [0.4, 0.5) is 5.69 Å². The van der Waals surface area contributed by atoms with Crippen LogP contribution in [0, 0.1) is 12.8 Å². The molecule has 2 rings (SSSR count). The van der Waals surface area contributed by atoms with Gasteiger partial charge in [-0.3, -0.25) is 14.4 Å². The summed E-state index contributed by atoms with van der Waals surface area (Å²) in [4.78, 5) is 35.7. The molecule has 0 aromatic heterocycles. The number of aliphatic carboxylic acids is 1. The standard InChI is InChI=1S/C14H16N2O4/c1-9-2-4-11(5-3-9)16-8-10(6-12(16)17)14(20)15-7-13(18)19/h2-5,10H,6-8H2,1H3,(H,15,20)(H,18,19)/t10-/m1/s1. The number of carbonyl (C=O) groups excluding carboxylic acids is 2. The zero-order valence-electron chi connectivity index (χ0n) is 11.1. The molecule has 0 bridgehead atoms. The average Bonchev–Trinajstić information content (AvgIpc) is 2.79. The van der Waals surface area contributed by atoms with Crippen LogP contribution >= 0.6 is 0 Å². The predicted molar refractivity (Wildman–Crippen MR) is 72.3 cm³/mol. The van der Waals surface area contributed by atoms with Gasteiger partial charge >= 0.3 is 5.97 Å².